The van der Waals surface area contributed by atoms with Crippen molar-refractivity contribution < 1.29 is 36.6 Å². The monoisotopic (exact) mass is 582 g/mol. The van der Waals surface area contributed by atoms with E-state index in [1.165, 1.54) is 30.3 Å². The Hall–Kier alpha value is -3.82. The van der Waals surface area contributed by atoms with E-state index in [9.17, 15) is 22.4 Å². The number of hydrogen-bond acceptors (Lipinski definition) is 5. The molecule has 1 N–H and O–H groups in total. The Labute approximate surface area is 240 Å². The van der Waals surface area contributed by atoms with E-state index in [1.54, 1.807) is 18.2 Å². The van der Waals surface area contributed by atoms with Crippen molar-refractivity contribution >= 4 is 5.91 Å². The zero-order valence-corrected chi connectivity index (χ0v) is 22.8. The number of nitrogens with zero attached hydrogens (tertiary/aromatic N) is 1. The lowest BCUT2D eigenvalue weighted by Crippen LogP contribution is -2.30. The van der Waals surface area contributed by atoms with Gasteiger partial charge in [0.25, 0.3) is 5.91 Å². The van der Waals surface area contributed by atoms with E-state index in [4.69, 9.17) is 19.2 Å². The first-order valence-corrected chi connectivity index (χ1v) is 14.5. The topological polar surface area (TPSA) is 69.7 Å². The van der Waals surface area contributed by atoms with Gasteiger partial charge in [0.2, 0.25) is 0 Å². The number of fused-ring (bicyclic) bond motifs is 1. The number of nitrogens with one attached hydrogen (secondary N) is 1. The predicted molar refractivity (Wildman–Crippen MR) is 145 cm³/mol. The molecule has 2 atom stereocenters. The first-order valence-electron chi connectivity index (χ1n) is 14.5. The predicted octanol–water partition coefficient (Wildman–Crippen LogP) is 6.93. The van der Waals surface area contributed by atoms with Crippen LogP contribution in [0.1, 0.15) is 72.0 Å². The molecule has 0 unspecified atom stereocenters. The summed E-state index contributed by atoms with van der Waals surface area (Å²) in [7, 11) is 0. The SMILES string of the molecule is O=C(NC[C@H](c1cc2c(c(-c3ccc(F)cc3)n1)OC[C@H]2C(F)(F)F)C1CC1)c1ccc(OC2CC2)c(OC2CC2)c1. The maximum absolute atomic E-state index is 14.0. The lowest BCUT2D eigenvalue weighted by Gasteiger charge is -2.21. The van der Waals surface area contributed by atoms with Crippen LogP contribution in [0.5, 0.6) is 17.2 Å². The van der Waals surface area contributed by atoms with Gasteiger partial charge in [-0.15, -0.1) is 0 Å². The van der Waals surface area contributed by atoms with Gasteiger partial charge >= 0.3 is 6.18 Å². The summed E-state index contributed by atoms with van der Waals surface area (Å²) in [5.74, 6) is -1.42. The summed E-state index contributed by atoms with van der Waals surface area (Å²) in [6.45, 7) is -0.330. The molecular formula is C32H30F4N2O4. The minimum Gasteiger partial charge on any atom is -0.490 e. The van der Waals surface area contributed by atoms with E-state index >= 15 is 0 Å². The summed E-state index contributed by atoms with van der Waals surface area (Å²) in [5.41, 5.74) is 1.62. The molecule has 0 saturated heterocycles. The molecule has 0 bridgehead atoms. The van der Waals surface area contributed by atoms with Crippen molar-refractivity contribution in [2.24, 2.45) is 5.92 Å². The van der Waals surface area contributed by atoms with Gasteiger partial charge in [-0.1, -0.05) is 0 Å². The Balaban J connectivity index is 1.16. The number of amides is 1. The number of pyridine rings is 1. The van der Waals surface area contributed by atoms with E-state index in [1.807, 2.05) is 0 Å². The third-order valence-corrected chi connectivity index (χ3v) is 8.20. The van der Waals surface area contributed by atoms with Gasteiger partial charge in [-0.25, -0.2) is 9.37 Å². The number of benzene rings is 2. The number of carbonyl (C=O) groups is 1. The van der Waals surface area contributed by atoms with Crippen LogP contribution < -0.4 is 19.5 Å². The van der Waals surface area contributed by atoms with Crippen molar-refractivity contribution in [2.75, 3.05) is 13.2 Å². The van der Waals surface area contributed by atoms with Gasteiger partial charge in [-0.3, -0.25) is 4.79 Å². The van der Waals surface area contributed by atoms with Gasteiger partial charge < -0.3 is 19.5 Å². The van der Waals surface area contributed by atoms with Crippen LogP contribution in [0.15, 0.2) is 48.5 Å². The highest BCUT2D eigenvalue weighted by Crippen LogP contribution is 2.50. The third kappa shape index (κ3) is 5.76. The molecular weight excluding hydrogens is 552 g/mol. The van der Waals surface area contributed by atoms with Gasteiger partial charge in [0, 0.05) is 34.8 Å². The quantitative estimate of drug-likeness (QED) is 0.263. The van der Waals surface area contributed by atoms with Crippen LogP contribution in [-0.2, 0) is 0 Å². The number of halogens is 4. The van der Waals surface area contributed by atoms with Crippen molar-refractivity contribution in [3.05, 3.63) is 71.2 Å². The molecule has 1 aromatic heterocycles. The minimum atomic E-state index is -4.50. The van der Waals surface area contributed by atoms with E-state index in [0.717, 1.165) is 38.5 Å². The number of ether oxygens (including phenoxy) is 3. The maximum Gasteiger partial charge on any atom is 0.399 e. The molecule has 1 amide bonds. The number of alkyl halides is 3. The Morgan fingerprint density at radius 1 is 0.952 bits per heavy atom. The number of hydrogen-bond donors (Lipinski definition) is 1. The summed E-state index contributed by atoms with van der Waals surface area (Å²) in [6.07, 6.45) is 1.54. The van der Waals surface area contributed by atoms with Crippen molar-refractivity contribution in [2.45, 2.75) is 68.7 Å². The summed E-state index contributed by atoms with van der Waals surface area (Å²) < 4.78 is 73.1. The molecule has 2 aromatic carbocycles. The van der Waals surface area contributed by atoms with E-state index in [-0.39, 0.29) is 53.5 Å². The van der Waals surface area contributed by atoms with Gasteiger partial charge in [0.05, 0.1) is 12.2 Å². The zero-order valence-electron chi connectivity index (χ0n) is 22.8. The lowest BCUT2D eigenvalue weighted by molar-refractivity contribution is -0.151. The fourth-order valence-corrected chi connectivity index (χ4v) is 5.39. The van der Waals surface area contributed by atoms with Crippen LogP contribution in [0.4, 0.5) is 17.6 Å². The van der Waals surface area contributed by atoms with Crippen molar-refractivity contribution in [3.8, 4) is 28.5 Å². The number of aromatic nitrogens is 1. The number of carbonyl (C=O) groups excluding carboxylic acids is 1. The molecule has 3 saturated carbocycles. The standard InChI is InChI=1S/C32H30F4N2O4/c33-20-6-3-18(4-7-20)29-30-23(25(16-40-30)32(34,35)36)14-26(38-29)24(17-1-2-17)15-37-31(39)19-5-12-27(41-21-8-9-21)28(13-19)42-22-10-11-22/h3-7,12-14,17,21-22,24-25H,1-2,8-11,15-16H2,(H,37,39)/t24-,25+/m0/s1. The third-order valence-electron chi connectivity index (χ3n) is 8.20. The largest absolute Gasteiger partial charge is 0.490 e. The molecule has 0 radical (unpaired) electrons. The summed E-state index contributed by atoms with van der Waals surface area (Å²) >= 11 is 0. The van der Waals surface area contributed by atoms with Gasteiger partial charge in [0.1, 0.15) is 29.8 Å². The minimum absolute atomic E-state index is 0.0249. The maximum atomic E-state index is 14.0. The first-order chi connectivity index (χ1) is 20.2. The van der Waals surface area contributed by atoms with Crippen molar-refractivity contribution in [1.82, 2.24) is 10.3 Å². The average molecular weight is 583 g/mol. The molecule has 10 heteroatoms. The summed E-state index contributed by atoms with van der Waals surface area (Å²) in [5, 5.41) is 2.99. The highest BCUT2D eigenvalue weighted by atomic mass is 19.4. The van der Waals surface area contributed by atoms with Crippen LogP contribution in [0.25, 0.3) is 11.3 Å². The van der Waals surface area contributed by atoms with Gasteiger partial charge in [-0.2, -0.15) is 13.2 Å². The molecule has 3 aromatic rings. The van der Waals surface area contributed by atoms with Crippen LogP contribution >= 0.6 is 0 Å². The molecule has 0 spiro atoms. The summed E-state index contributed by atoms with van der Waals surface area (Å²) in [4.78, 5) is 18.1. The molecule has 2 heterocycles. The Morgan fingerprint density at radius 2 is 1.64 bits per heavy atom. The summed E-state index contributed by atoms with van der Waals surface area (Å²) in [6, 6.07) is 12.1. The first kappa shape index (κ1) is 27.0. The van der Waals surface area contributed by atoms with Crippen LogP contribution in [0.2, 0.25) is 0 Å². The fourth-order valence-electron chi connectivity index (χ4n) is 5.39. The molecule has 6 nitrogen and oxygen atoms in total. The second kappa shape index (κ2) is 10.5. The Kier molecular flexibility index (Phi) is 6.74. The average Bonchev–Trinajstić information content (AvgIpc) is 3.82. The van der Waals surface area contributed by atoms with E-state index in [2.05, 4.69) is 5.32 Å². The second-order valence-electron chi connectivity index (χ2n) is 11.7. The van der Waals surface area contributed by atoms with E-state index < -0.39 is 24.5 Å². The number of rotatable bonds is 10. The van der Waals surface area contributed by atoms with Crippen molar-refractivity contribution in [1.29, 1.82) is 0 Å². The molecule has 4 aliphatic rings. The highest BCUT2D eigenvalue weighted by Gasteiger charge is 2.47. The van der Waals surface area contributed by atoms with Gasteiger partial charge in [0.15, 0.2) is 11.5 Å². The molecule has 3 fully saturated rings. The fraction of sp³-hybridized carbons (Fsp3) is 0.438. The Morgan fingerprint density at radius 3 is 2.29 bits per heavy atom. The lowest BCUT2D eigenvalue weighted by atomic mass is 9.92. The molecule has 220 valence electrons. The normalized spacial score (nSPS) is 20.4. The molecule has 42 heavy (non-hydrogen) atoms. The Bertz CT molecular complexity index is 1500. The van der Waals surface area contributed by atoms with E-state index in [0.29, 0.717) is 28.3 Å². The smallest absolute Gasteiger partial charge is 0.399 e. The van der Waals surface area contributed by atoms with Crippen molar-refractivity contribution in [3.63, 3.8) is 0 Å². The second-order valence-corrected chi connectivity index (χ2v) is 11.7. The molecule has 1 aliphatic heterocycles. The van der Waals surface area contributed by atoms with Gasteiger partial charge in [-0.05, 0) is 93.0 Å². The molecule has 7 rings (SSSR count). The van der Waals surface area contributed by atoms with Crippen LogP contribution in [0, 0.1) is 11.7 Å². The van der Waals surface area contributed by atoms with Crippen LogP contribution in [0.3, 0.4) is 0 Å². The highest BCUT2D eigenvalue weighted by molar-refractivity contribution is 5.95. The zero-order chi connectivity index (χ0) is 29.0. The van der Waals surface area contributed by atoms with Crippen LogP contribution in [-0.4, -0.2) is 42.4 Å². The molecule has 3 aliphatic carbocycles.